The maximum absolute atomic E-state index is 12.8. The molecule has 154 valence electrons. The number of nitrogens with zero attached hydrogens (tertiary/aromatic N) is 1. The molecule has 0 amide bonds. The molecule has 1 aromatic heterocycles. The summed E-state index contributed by atoms with van der Waals surface area (Å²) in [5.74, 6) is 1.96. The van der Waals surface area contributed by atoms with E-state index in [4.69, 9.17) is 14.2 Å². The van der Waals surface area contributed by atoms with Crippen LogP contribution in [0, 0.1) is 13.8 Å². The Kier molecular flexibility index (Phi) is 5.31. The number of Topliss-reactive ketones (excluding diaryl/α,β-unsaturated/α-hetero) is 2. The summed E-state index contributed by atoms with van der Waals surface area (Å²) < 4.78 is 18.6. The SMILES string of the molecule is CC(=O)c1ccc(OCC(=O)c2cc(C)n(Cc3ccc4c(c3)OCO4)c2C)cc1. The van der Waals surface area contributed by atoms with Crippen LogP contribution in [-0.2, 0) is 6.54 Å². The standard InChI is InChI=1S/C24H23NO5/c1-15-10-21(22(27)13-28-20-7-5-19(6-8-20)17(3)26)16(2)25(15)12-18-4-9-23-24(11-18)30-14-29-23/h4-11H,12-14H2,1-3H3. The van der Waals surface area contributed by atoms with Gasteiger partial charge in [0.05, 0.1) is 0 Å². The summed E-state index contributed by atoms with van der Waals surface area (Å²) in [6, 6.07) is 14.6. The fraction of sp³-hybridized carbons (Fsp3) is 0.250. The zero-order chi connectivity index (χ0) is 21.3. The predicted molar refractivity (Wildman–Crippen MR) is 112 cm³/mol. The fourth-order valence-corrected chi connectivity index (χ4v) is 3.56. The predicted octanol–water partition coefficient (Wildman–Crippen LogP) is 4.35. The number of fused-ring (bicyclic) bond motifs is 1. The molecule has 2 heterocycles. The molecule has 0 atom stereocenters. The van der Waals surface area contributed by atoms with Crippen molar-refractivity contribution in [3.05, 3.63) is 76.6 Å². The van der Waals surface area contributed by atoms with Crippen LogP contribution in [0.15, 0.2) is 48.5 Å². The highest BCUT2D eigenvalue weighted by Crippen LogP contribution is 2.33. The number of aromatic nitrogens is 1. The molecule has 30 heavy (non-hydrogen) atoms. The average molecular weight is 405 g/mol. The Balaban J connectivity index is 1.45. The molecule has 1 aliphatic heterocycles. The van der Waals surface area contributed by atoms with Gasteiger partial charge in [0.25, 0.3) is 0 Å². The molecular formula is C24H23NO5. The van der Waals surface area contributed by atoms with Crippen molar-refractivity contribution in [3.63, 3.8) is 0 Å². The molecule has 0 bridgehead atoms. The van der Waals surface area contributed by atoms with E-state index in [1.807, 2.05) is 38.1 Å². The van der Waals surface area contributed by atoms with Gasteiger partial charge in [-0.15, -0.1) is 0 Å². The van der Waals surface area contributed by atoms with Crippen LogP contribution >= 0.6 is 0 Å². The molecule has 0 spiro atoms. The number of rotatable bonds is 7. The topological polar surface area (TPSA) is 66.8 Å². The number of aryl methyl sites for hydroxylation is 1. The van der Waals surface area contributed by atoms with E-state index in [0.29, 0.717) is 23.4 Å². The van der Waals surface area contributed by atoms with Crippen molar-refractivity contribution in [1.82, 2.24) is 4.57 Å². The minimum absolute atomic E-state index is 0.00692. The Hall–Kier alpha value is -3.54. The zero-order valence-corrected chi connectivity index (χ0v) is 17.2. The number of benzene rings is 2. The third kappa shape index (κ3) is 3.94. The largest absolute Gasteiger partial charge is 0.485 e. The molecule has 1 aliphatic rings. The molecule has 0 radical (unpaired) electrons. The van der Waals surface area contributed by atoms with Crippen molar-refractivity contribution in [1.29, 1.82) is 0 Å². The lowest BCUT2D eigenvalue weighted by Gasteiger charge is -2.11. The lowest BCUT2D eigenvalue weighted by atomic mass is 10.1. The van der Waals surface area contributed by atoms with E-state index in [1.54, 1.807) is 24.3 Å². The number of carbonyl (C=O) groups excluding carboxylic acids is 2. The number of ether oxygens (including phenoxy) is 3. The number of hydrogen-bond acceptors (Lipinski definition) is 5. The lowest BCUT2D eigenvalue weighted by Crippen LogP contribution is -2.13. The highest BCUT2D eigenvalue weighted by atomic mass is 16.7. The summed E-state index contributed by atoms with van der Waals surface area (Å²) in [5, 5.41) is 0. The van der Waals surface area contributed by atoms with E-state index in [0.717, 1.165) is 28.5 Å². The Morgan fingerprint density at radius 2 is 1.73 bits per heavy atom. The van der Waals surface area contributed by atoms with Gasteiger partial charge in [0.2, 0.25) is 12.6 Å². The number of carbonyl (C=O) groups is 2. The second-order valence-corrected chi connectivity index (χ2v) is 7.35. The number of hydrogen-bond donors (Lipinski definition) is 0. The molecule has 2 aromatic carbocycles. The maximum atomic E-state index is 12.8. The Morgan fingerprint density at radius 3 is 2.47 bits per heavy atom. The molecule has 0 unspecified atom stereocenters. The number of ketones is 2. The third-order valence-electron chi connectivity index (χ3n) is 5.28. The van der Waals surface area contributed by atoms with Crippen LogP contribution in [0.3, 0.4) is 0 Å². The van der Waals surface area contributed by atoms with E-state index in [1.165, 1.54) is 6.92 Å². The highest BCUT2D eigenvalue weighted by molar-refractivity contribution is 5.98. The van der Waals surface area contributed by atoms with Gasteiger partial charge in [-0.25, -0.2) is 0 Å². The van der Waals surface area contributed by atoms with Crippen molar-refractivity contribution in [2.24, 2.45) is 0 Å². The highest BCUT2D eigenvalue weighted by Gasteiger charge is 2.18. The van der Waals surface area contributed by atoms with E-state index >= 15 is 0 Å². The van der Waals surface area contributed by atoms with Crippen molar-refractivity contribution < 1.29 is 23.8 Å². The normalized spacial score (nSPS) is 12.1. The van der Waals surface area contributed by atoms with Crippen LogP contribution in [0.25, 0.3) is 0 Å². The van der Waals surface area contributed by atoms with Crippen LogP contribution in [0.4, 0.5) is 0 Å². The first-order valence-corrected chi connectivity index (χ1v) is 9.74. The smallest absolute Gasteiger partial charge is 0.231 e. The van der Waals surface area contributed by atoms with Gasteiger partial charge in [-0.2, -0.15) is 0 Å². The summed E-state index contributed by atoms with van der Waals surface area (Å²) in [6.07, 6.45) is 0. The molecule has 6 nitrogen and oxygen atoms in total. The summed E-state index contributed by atoms with van der Waals surface area (Å²) in [5.41, 5.74) is 4.22. The van der Waals surface area contributed by atoms with Crippen LogP contribution in [0.1, 0.15) is 44.6 Å². The molecule has 0 aliphatic carbocycles. The molecular weight excluding hydrogens is 382 g/mol. The minimum atomic E-state index is -0.0873. The second kappa shape index (κ2) is 8.06. The molecule has 3 aromatic rings. The van der Waals surface area contributed by atoms with E-state index in [9.17, 15) is 9.59 Å². The van der Waals surface area contributed by atoms with E-state index in [2.05, 4.69) is 4.57 Å². The van der Waals surface area contributed by atoms with E-state index in [-0.39, 0.29) is 25.0 Å². The monoisotopic (exact) mass is 405 g/mol. The first-order valence-electron chi connectivity index (χ1n) is 9.74. The summed E-state index contributed by atoms with van der Waals surface area (Å²) in [7, 11) is 0. The maximum Gasteiger partial charge on any atom is 0.231 e. The minimum Gasteiger partial charge on any atom is -0.485 e. The average Bonchev–Trinajstić information content (AvgIpc) is 3.31. The zero-order valence-electron chi connectivity index (χ0n) is 17.2. The molecule has 0 fully saturated rings. The van der Waals surface area contributed by atoms with Gasteiger partial charge in [0.1, 0.15) is 5.75 Å². The fourth-order valence-electron chi connectivity index (χ4n) is 3.56. The van der Waals surface area contributed by atoms with Gasteiger partial charge in [0, 0.05) is 29.1 Å². The molecule has 4 rings (SSSR count). The molecule has 0 saturated carbocycles. The van der Waals surface area contributed by atoms with Gasteiger partial charge in [-0.3, -0.25) is 9.59 Å². The van der Waals surface area contributed by atoms with Crippen molar-refractivity contribution in [2.45, 2.75) is 27.3 Å². The summed E-state index contributed by atoms with van der Waals surface area (Å²) in [6.45, 7) is 6.25. The van der Waals surface area contributed by atoms with Crippen LogP contribution in [0.2, 0.25) is 0 Å². The lowest BCUT2D eigenvalue weighted by molar-refractivity contribution is 0.0919. The molecule has 0 saturated heterocycles. The Morgan fingerprint density at radius 1 is 1.00 bits per heavy atom. The van der Waals surface area contributed by atoms with Crippen molar-refractivity contribution in [3.8, 4) is 17.2 Å². The van der Waals surface area contributed by atoms with Crippen LogP contribution in [0.5, 0.6) is 17.2 Å². The van der Waals surface area contributed by atoms with Gasteiger partial charge in [-0.05, 0) is 68.8 Å². The Labute approximate surface area is 175 Å². The van der Waals surface area contributed by atoms with Gasteiger partial charge in [0.15, 0.2) is 23.9 Å². The first kappa shape index (κ1) is 19.8. The van der Waals surface area contributed by atoms with Crippen LogP contribution in [-0.4, -0.2) is 29.5 Å². The van der Waals surface area contributed by atoms with Gasteiger partial charge < -0.3 is 18.8 Å². The summed E-state index contributed by atoms with van der Waals surface area (Å²) in [4.78, 5) is 24.1. The molecule has 6 heteroatoms. The summed E-state index contributed by atoms with van der Waals surface area (Å²) >= 11 is 0. The van der Waals surface area contributed by atoms with Crippen molar-refractivity contribution >= 4 is 11.6 Å². The third-order valence-corrected chi connectivity index (χ3v) is 5.28. The van der Waals surface area contributed by atoms with Crippen LogP contribution < -0.4 is 14.2 Å². The van der Waals surface area contributed by atoms with Crippen molar-refractivity contribution in [2.75, 3.05) is 13.4 Å². The second-order valence-electron chi connectivity index (χ2n) is 7.35. The van der Waals surface area contributed by atoms with Gasteiger partial charge in [-0.1, -0.05) is 6.07 Å². The first-order chi connectivity index (χ1) is 14.4. The molecule has 0 N–H and O–H groups in total. The van der Waals surface area contributed by atoms with Gasteiger partial charge >= 0.3 is 0 Å². The van der Waals surface area contributed by atoms with E-state index < -0.39 is 0 Å². The quantitative estimate of drug-likeness (QED) is 0.547. The Bertz CT molecular complexity index is 1110.